The van der Waals surface area contributed by atoms with Gasteiger partial charge < -0.3 is 15.2 Å². The fraction of sp³-hybridized carbons (Fsp3) is 0.350. The Morgan fingerprint density at radius 3 is 2.64 bits per heavy atom. The van der Waals surface area contributed by atoms with E-state index in [0.29, 0.717) is 30.1 Å². The van der Waals surface area contributed by atoms with Gasteiger partial charge in [-0.05, 0) is 37.1 Å². The first-order chi connectivity index (χ1) is 13.4. The van der Waals surface area contributed by atoms with Crippen LogP contribution in [0.1, 0.15) is 43.5 Å². The van der Waals surface area contributed by atoms with Crippen molar-refractivity contribution >= 4 is 27.4 Å². The molecule has 0 atom stereocenters. The topological polar surface area (TPSA) is 95.9 Å². The predicted octanol–water partition coefficient (Wildman–Crippen LogP) is 4.31. The molecule has 0 spiro atoms. The zero-order chi connectivity index (χ0) is 20.3. The van der Waals surface area contributed by atoms with Gasteiger partial charge in [0.25, 0.3) is 10.0 Å². The number of sulfonamides is 1. The lowest BCUT2D eigenvalue weighted by molar-refractivity contribution is 0.0696. The number of hydrogen-bond donors (Lipinski definition) is 2. The third-order valence-electron chi connectivity index (χ3n) is 4.47. The van der Waals surface area contributed by atoms with Crippen LogP contribution in [0.15, 0.2) is 41.3 Å². The van der Waals surface area contributed by atoms with Crippen molar-refractivity contribution in [2.45, 2.75) is 38.0 Å². The summed E-state index contributed by atoms with van der Waals surface area (Å²) in [7, 11) is -4.01. The quantitative estimate of drug-likeness (QED) is 0.668. The van der Waals surface area contributed by atoms with Gasteiger partial charge >= 0.3 is 5.97 Å². The number of anilines is 2. The number of aromatic carboxylic acids is 1. The number of rotatable bonds is 7. The van der Waals surface area contributed by atoms with Crippen molar-refractivity contribution in [2.75, 3.05) is 22.7 Å². The van der Waals surface area contributed by atoms with Gasteiger partial charge in [-0.3, -0.25) is 4.31 Å². The number of carbonyl (C=O) groups is 1. The predicted molar refractivity (Wildman–Crippen MR) is 108 cm³/mol. The molecule has 0 aliphatic carbocycles. The number of benzene rings is 2. The molecule has 1 heterocycles. The standard InChI is InChI=1S/C20H24N2O5S/c1-3-5-9-21-17-11-14(20(23)24)12-18-19(17)27-16-8-6-7-15(13-16)22(10-4-2)28(18,25)26/h6-8,11-13,21H,3-5,9-10H2,1-2H3,(H,23,24). The van der Waals surface area contributed by atoms with E-state index in [1.54, 1.807) is 24.3 Å². The van der Waals surface area contributed by atoms with Crippen molar-refractivity contribution in [2.24, 2.45) is 0 Å². The third kappa shape index (κ3) is 3.77. The van der Waals surface area contributed by atoms with Gasteiger partial charge in [0.05, 0.1) is 16.9 Å². The molecule has 0 saturated carbocycles. The van der Waals surface area contributed by atoms with Crippen LogP contribution in [0.3, 0.4) is 0 Å². The molecule has 2 N–H and O–H groups in total. The zero-order valence-corrected chi connectivity index (χ0v) is 16.8. The Morgan fingerprint density at radius 2 is 1.96 bits per heavy atom. The minimum atomic E-state index is -4.01. The fourth-order valence-corrected chi connectivity index (χ4v) is 4.80. The molecule has 2 bridgehead atoms. The van der Waals surface area contributed by atoms with Gasteiger partial charge in [-0.1, -0.05) is 26.3 Å². The molecule has 2 aromatic carbocycles. The molecule has 0 amide bonds. The maximum atomic E-state index is 13.5. The van der Waals surface area contributed by atoms with Crippen LogP contribution >= 0.6 is 0 Å². The zero-order valence-electron chi connectivity index (χ0n) is 15.9. The van der Waals surface area contributed by atoms with Gasteiger partial charge in [0.1, 0.15) is 10.6 Å². The number of nitrogens with zero attached hydrogens (tertiary/aromatic N) is 1. The lowest BCUT2D eigenvalue weighted by atomic mass is 10.1. The van der Waals surface area contributed by atoms with E-state index in [2.05, 4.69) is 5.32 Å². The smallest absolute Gasteiger partial charge is 0.335 e. The minimum Gasteiger partial charge on any atom is -0.478 e. The van der Waals surface area contributed by atoms with Crippen LogP contribution in [0.2, 0.25) is 0 Å². The first-order valence-corrected chi connectivity index (χ1v) is 10.8. The third-order valence-corrected chi connectivity index (χ3v) is 6.30. The van der Waals surface area contributed by atoms with Gasteiger partial charge in [0.2, 0.25) is 0 Å². The van der Waals surface area contributed by atoms with Gasteiger partial charge in [0, 0.05) is 19.2 Å². The molecular weight excluding hydrogens is 380 g/mol. The summed E-state index contributed by atoms with van der Waals surface area (Å²) in [6.45, 7) is 4.78. The Labute approximate surface area is 165 Å². The molecule has 3 rings (SSSR count). The summed E-state index contributed by atoms with van der Waals surface area (Å²) in [6, 6.07) is 9.46. The van der Waals surface area contributed by atoms with Crippen LogP contribution in [0.25, 0.3) is 0 Å². The number of ether oxygens (including phenoxy) is 1. The molecule has 0 fully saturated rings. The molecule has 7 nitrogen and oxygen atoms in total. The number of unbranched alkanes of at least 4 members (excludes halogenated alkanes) is 1. The highest BCUT2D eigenvalue weighted by atomic mass is 32.2. The minimum absolute atomic E-state index is 0.106. The van der Waals surface area contributed by atoms with Crippen molar-refractivity contribution in [3.8, 4) is 11.5 Å². The van der Waals surface area contributed by atoms with Gasteiger partial charge in [-0.2, -0.15) is 0 Å². The second kappa shape index (κ2) is 8.10. The van der Waals surface area contributed by atoms with E-state index in [9.17, 15) is 18.3 Å². The van der Waals surface area contributed by atoms with Crippen molar-refractivity contribution in [1.29, 1.82) is 0 Å². The van der Waals surface area contributed by atoms with Crippen molar-refractivity contribution in [3.05, 3.63) is 42.0 Å². The van der Waals surface area contributed by atoms with Gasteiger partial charge in [0.15, 0.2) is 5.75 Å². The first kappa shape index (κ1) is 20.0. The lowest BCUT2D eigenvalue weighted by Crippen LogP contribution is -2.33. The Morgan fingerprint density at radius 1 is 1.18 bits per heavy atom. The number of carboxylic acid groups (broad SMARTS) is 1. The molecule has 1 aliphatic rings. The molecule has 150 valence electrons. The van der Waals surface area contributed by atoms with Crippen LogP contribution < -0.4 is 14.4 Å². The van der Waals surface area contributed by atoms with E-state index < -0.39 is 16.0 Å². The second-order valence-electron chi connectivity index (χ2n) is 6.61. The first-order valence-electron chi connectivity index (χ1n) is 9.34. The maximum Gasteiger partial charge on any atom is 0.335 e. The number of hydrogen-bond acceptors (Lipinski definition) is 5. The monoisotopic (exact) mass is 404 g/mol. The van der Waals surface area contributed by atoms with Crippen LogP contribution in [0, 0.1) is 0 Å². The fourth-order valence-electron chi connectivity index (χ4n) is 3.08. The molecular formula is C20H24N2O5S. The summed E-state index contributed by atoms with van der Waals surface area (Å²) in [5.41, 5.74) is 0.743. The summed E-state index contributed by atoms with van der Waals surface area (Å²) in [5.74, 6) is -0.574. The summed E-state index contributed by atoms with van der Waals surface area (Å²) in [5, 5.41) is 12.6. The summed E-state index contributed by atoms with van der Waals surface area (Å²) >= 11 is 0. The molecule has 0 radical (unpaired) electrons. The molecule has 0 unspecified atom stereocenters. The van der Waals surface area contributed by atoms with E-state index in [-0.39, 0.29) is 22.8 Å². The SMILES string of the molecule is CCCCNc1cc(C(=O)O)cc2c1Oc1cccc(c1)N(CCC)S2(=O)=O. The molecule has 0 saturated heterocycles. The molecule has 2 aromatic rings. The summed E-state index contributed by atoms with van der Waals surface area (Å²) in [6.07, 6.45) is 2.41. The largest absolute Gasteiger partial charge is 0.478 e. The highest BCUT2D eigenvalue weighted by Gasteiger charge is 2.33. The van der Waals surface area contributed by atoms with Gasteiger partial charge in [-0.25, -0.2) is 13.2 Å². The Bertz CT molecular complexity index is 988. The van der Waals surface area contributed by atoms with Crippen molar-refractivity contribution in [3.63, 3.8) is 0 Å². The average Bonchev–Trinajstić information content (AvgIpc) is 2.66. The normalized spacial score (nSPS) is 14.4. The van der Waals surface area contributed by atoms with Crippen LogP contribution in [0.4, 0.5) is 11.4 Å². The Balaban J connectivity index is 2.26. The van der Waals surface area contributed by atoms with Crippen LogP contribution in [0.5, 0.6) is 11.5 Å². The summed E-state index contributed by atoms with van der Waals surface area (Å²) < 4.78 is 34.2. The second-order valence-corrected chi connectivity index (χ2v) is 8.44. The average molecular weight is 404 g/mol. The highest BCUT2D eigenvalue weighted by Crippen LogP contribution is 2.42. The van der Waals surface area contributed by atoms with Crippen molar-refractivity contribution < 1.29 is 23.1 Å². The molecule has 1 aliphatic heterocycles. The van der Waals surface area contributed by atoms with E-state index in [1.807, 2.05) is 13.8 Å². The number of fused-ring (bicyclic) bond motifs is 3. The molecule has 0 aromatic heterocycles. The van der Waals surface area contributed by atoms with E-state index in [0.717, 1.165) is 12.8 Å². The number of nitrogens with one attached hydrogen (secondary N) is 1. The van der Waals surface area contributed by atoms with Crippen LogP contribution in [-0.2, 0) is 10.0 Å². The maximum absolute atomic E-state index is 13.5. The lowest BCUT2D eigenvalue weighted by Gasteiger charge is -2.29. The molecule has 8 heteroatoms. The summed E-state index contributed by atoms with van der Waals surface area (Å²) in [4.78, 5) is 11.5. The van der Waals surface area contributed by atoms with Crippen molar-refractivity contribution in [1.82, 2.24) is 0 Å². The highest BCUT2D eigenvalue weighted by molar-refractivity contribution is 7.93. The number of carboxylic acids is 1. The van der Waals surface area contributed by atoms with E-state index >= 15 is 0 Å². The van der Waals surface area contributed by atoms with Crippen LogP contribution in [-0.4, -0.2) is 32.6 Å². The Hall–Kier alpha value is -2.74. The molecule has 28 heavy (non-hydrogen) atoms. The van der Waals surface area contributed by atoms with E-state index in [1.165, 1.54) is 16.4 Å². The van der Waals surface area contributed by atoms with E-state index in [4.69, 9.17) is 4.74 Å². The Kier molecular flexibility index (Phi) is 5.79. The van der Waals surface area contributed by atoms with Gasteiger partial charge in [-0.15, -0.1) is 0 Å².